The van der Waals surface area contributed by atoms with Gasteiger partial charge in [-0.1, -0.05) is 53.9 Å². The Morgan fingerprint density at radius 2 is 1.74 bits per heavy atom. The Labute approximate surface area is 190 Å². The van der Waals surface area contributed by atoms with Crippen molar-refractivity contribution in [1.29, 1.82) is 0 Å². The molecule has 0 radical (unpaired) electrons. The van der Waals surface area contributed by atoms with E-state index < -0.39 is 5.03 Å². The Morgan fingerprint density at radius 1 is 1.00 bits per heavy atom. The van der Waals surface area contributed by atoms with E-state index in [4.69, 9.17) is 0 Å². The summed E-state index contributed by atoms with van der Waals surface area (Å²) in [6.45, 7) is 12.4. The predicted octanol–water partition coefficient (Wildman–Crippen LogP) is 7.74. The zero-order valence-corrected chi connectivity index (χ0v) is 20.7. The summed E-state index contributed by atoms with van der Waals surface area (Å²) >= 11 is 0. The van der Waals surface area contributed by atoms with Gasteiger partial charge < -0.3 is 0 Å². The molecule has 4 fully saturated rings. The van der Waals surface area contributed by atoms with Crippen molar-refractivity contribution < 1.29 is 5.03 Å². The van der Waals surface area contributed by atoms with E-state index in [-0.39, 0.29) is 5.41 Å². The van der Waals surface area contributed by atoms with Gasteiger partial charge >= 0.3 is 0 Å². The minimum absolute atomic E-state index is 0.234. The fourth-order valence-electron chi connectivity index (χ4n) is 9.44. The fourth-order valence-corrected chi connectivity index (χ4v) is 9.44. The van der Waals surface area contributed by atoms with E-state index in [1.165, 1.54) is 57.8 Å². The standard InChI is InChI=1S/C27H46N2O2/c1-18(2)8-6-9-19(3)21-13-14-22-20-11-12-24-25(28-29(30)31)10-7-16-26(24,4)23(20)15-17-27(21,22)5/h18-24H,6-17H2,1-5H3/b28-25+/t19-,20+,21+,22-,23-,24+,26-,27-/m1/s1. The van der Waals surface area contributed by atoms with Crippen LogP contribution in [-0.2, 0) is 0 Å². The van der Waals surface area contributed by atoms with Crippen LogP contribution in [-0.4, -0.2) is 10.7 Å². The summed E-state index contributed by atoms with van der Waals surface area (Å²) in [4.78, 5) is 11.2. The normalized spacial score (nSPS) is 44.6. The third kappa shape index (κ3) is 4.10. The number of nitrogens with zero attached hydrogens (tertiary/aromatic N) is 2. The molecule has 4 aliphatic rings. The molecule has 4 saturated carbocycles. The van der Waals surface area contributed by atoms with Gasteiger partial charge in [-0.15, -0.1) is 0 Å². The third-order valence-electron chi connectivity index (χ3n) is 10.8. The summed E-state index contributed by atoms with van der Waals surface area (Å²) in [6, 6.07) is 0. The minimum Gasteiger partial charge on any atom is -0.233 e. The van der Waals surface area contributed by atoms with E-state index in [1.54, 1.807) is 0 Å². The lowest BCUT2D eigenvalue weighted by Crippen LogP contribution is -2.55. The van der Waals surface area contributed by atoms with E-state index in [0.717, 1.165) is 60.5 Å². The molecule has 0 aromatic carbocycles. The van der Waals surface area contributed by atoms with Gasteiger partial charge in [-0.05, 0) is 104 Å². The van der Waals surface area contributed by atoms with Crippen molar-refractivity contribution in [2.75, 3.05) is 0 Å². The smallest absolute Gasteiger partial charge is 0.190 e. The molecule has 0 unspecified atom stereocenters. The molecular formula is C27H46N2O2. The predicted molar refractivity (Wildman–Crippen MR) is 127 cm³/mol. The Balaban J connectivity index is 1.50. The molecule has 0 heterocycles. The molecule has 0 aromatic heterocycles. The first-order valence-corrected chi connectivity index (χ1v) is 13.4. The molecule has 4 heteroatoms. The molecule has 0 saturated heterocycles. The van der Waals surface area contributed by atoms with Gasteiger partial charge in [0.2, 0.25) is 0 Å². The first-order chi connectivity index (χ1) is 14.7. The topological polar surface area (TPSA) is 55.5 Å². The summed E-state index contributed by atoms with van der Waals surface area (Å²) in [5, 5.41) is 14.6. The maximum absolute atomic E-state index is 11.2. The lowest BCUT2D eigenvalue weighted by atomic mass is 9.44. The van der Waals surface area contributed by atoms with Crippen LogP contribution in [0.5, 0.6) is 0 Å². The van der Waals surface area contributed by atoms with Crippen LogP contribution in [0, 0.1) is 62.4 Å². The van der Waals surface area contributed by atoms with Gasteiger partial charge in [0.05, 0.1) is 10.8 Å². The Morgan fingerprint density at radius 3 is 2.45 bits per heavy atom. The van der Waals surface area contributed by atoms with Crippen molar-refractivity contribution in [3.05, 3.63) is 10.1 Å². The first-order valence-electron chi connectivity index (χ1n) is 13.4. The zero-order valence-electron chi connectivity index (χ0n) is 20.7. The number of hydrogen-bond donors (Lipinski definition) is 0. The third-order valence-corrected chi connectivity index (χ3v) is 10.8. The van der Waals surface area contributed by atoms with Gasteiger partial charge in [-0.2, -0.15) is 0 Å². The second kappa shape index (κ2) is 8.78. The van der Waals surface area contributed by atoms with E-state index in [9.17, 15) is 10.1 Å². The highest BCUT2D eigenvalue weighted by Crippen LogP contribution is 2.68. The highest BCUT2D eigenvalue weighted by Gasteiger charge is 2.61. The van der Waals surface area contributed by atoms with Crippen LogP contribution in [0.4, 0.5) is 0 Å². The molecule has 0 aromatic rings. The molecule has 31 heavy (non-hydrogen) atoms. The molecular weight excluding hydrogens is 384 g/mol. The highest BCUT2D eigenvalue weighted by atomic mass is 16.7. The lowest BCUT2D eigenvalue weighted by molar-refractivity contribution is -0.485. The highest BCUT2D eigenvalue weighted by molar-refractivity contribution is 5.87. The van der Waals surface area contributed by atoms with Crippen molar-refractivity contribution in [2.24, 2.45) is 57.4 Å². The molecule has 0 amide bonds. The number of hydrogen-bond acceptors (Lipinski definition) is 2. The zero-order chi connectivity index (χ0) is 22.4. The lowest BCUT2D eigenvalue weighted by Gasteiger charge is -2.60. The first kappa shape index (κ1) is 23.2. The number of rotatable bonds is 6. The summed E-state index contributed by atoms with van der Waals surface area (Å²) in [5.74, 6) is 5.38. The maximum Gasteiger partial charge on any atom is 0.190 e. The van der Waals surface area contributed by atoms with Crippen LogP contribution in [0.1, 0.15) is 112 Å². The molecule has 4 rings (SSSR count). The van der Waals surface area contributed by atoms with Crippen LogP contribution >= 0.6 is 0 Å². The monoisotopic (exact) mass is 430 g/mol. The number of hydrazone groups is 1. The van der Waals surface area contributed by atoms with Gasteiger partial charge in [0, 0.05) is 5.92 Å². The van der Waals surface area contributed by atoms with Gasteiger partial charge in [-0.3, -0.25) is 0 Å². The summed E-state index contributed by atoms with van der Waals surface area (Å²) in [5.41, 5.74) is 1.67. The molecule has 4 aliphatic carbocycles. The maximum atomic E-state index is 11.2. The second-order valence-electron chi connectivity index (χ2n) is 12.7. The van der Waals surface area contributed by atoms with Crippen molar-refractivity contribution >= 4 is 5.71 Å². The van der Waals surface area contributed by atoms with Crippen LogP contribution in [0.3, 0.4) is 0 Å². The van der Waals surface area contributed by atoms with Gasteiger partial charge in [0.1, 0.15) is 0 Å². The van der Waals surface area contributed by atoms with Crippen molar-refractivity contribution in [1.82, 2.24) is 0 Å². The Bertz CT molecular complexity index is 703. The Kier molecular flexibility index (Phi) is 6.58. The molecule has 4 nitrogen and oxygen atoms in total. The fraction of sp³-hybridized carbons (Fsp3) is 0.963. The van der Waals surface area contributed by atoms with Crippen molar-refractivity contribution in [3.63, 3.8) is 0 Å². The SMILES string of the molecule is CC(C)CCC[C@@H](C)[C@@H]1CC[C@@H]2[C@@H]3CC[C@H]4/C(=N/[N+](=O)[O-])CCC[C@]4(C)[C@@H]3CC[C@@]21C. The second-order valence-corrected chi connectivity index (χ2v) is 12.7. The van der Waals surface area contributed by atoms with Crippen molar-refractivity contribution in [2.45, 2.75) is 112 Å². The molecule has 0 aliphatic heterocycles. The quantitative estimate of drug-likeness (QED) is 0.319. The van der Waals surface area contributed by atoms with Crippen LogP contribution in [0.25, 0.3) is 0 Å². The summed E-state index contributed by atoms with van der Waals surface area (Å²) in [7, 11) is 0. The van der Waals surface area contributed by atoms with Crippen LogP contribution < -0.4 is 0 Å². The van der Waals surface area contributed by atoms with E-state index in [1.807, 2.05) is 0 Å². The van der Waals surface area contributed by atoms with Crippen LogP contribution in [0.15, 0.2) is 5.10 Å². The van der Waals surface area contributed by atoms with E-state index in [2.05, 4.69) is 39.7 Å². The number of nitro groups is 1. The van der Waals surface area contributed by atoms with Gasteiger partial charge in [-0.25, -0.2) is 10.1 Å². The molecule has 176 valence electrons. The molecule has 0 N–H and O–H groups in total. The van der Waals surface area contributed by atoms with Gasteiger partial charge in [0.15, 0.2) is 5.03 Å². The average molecular weight is 431 g/mol. The van der Waals surface area contributed by atoms with Crippen LogP contribution in [0.2, 0.25) is 0 Å². The number of fused-ring (bicyclic) bond motifs is 5. The summed E-state index contributed by atoms with van der Waals surface area (Å²) < 4.78 is 0. The molecule has 0 spiro atoms. The largest absolute Gasteiger partial charge is 0.233 e. The van der Waals surface area contributed by atoms with Gasteiger partial charge in [0.25, 0.3) is 0 Å². The van der Waals surface area contributed by atoms with E-state index >= 15 is 0 Å². The van der Waals surface area contributed by atoms with Crippen molar-refractivity contribution in [3.8, 4) is 0 Å². The molecule has 0 bridgehead atoms. The Hall–Kier alpha value is -0.930. The average Bonchev–Trinajstić information content (AvgIpc) is 3.04. The summed E-state index contributed by atoms with van der Waals surface area (Å²) in [6.07, 6.45) is 15.3. The molecule has 8 atom stereocenters. The minimum atomic E-state index is -0.437. The van der Waals surface area contributed by atoms with E-state index in [0.29, 0.717) is 11.3 Å².